The highest BCUT2D eigenvalue weighted by molar-refractivity contribution is 5.86. The van der Waals surface area contributed by atoms with E-state index in [0.29, 0.717) is 0 Å². The van der Waals surface area contributed by atoms with E-state index in [1.807, 2.05) is 0 Å². The maximum atomic E-state index is 13.4. The molecule has 96 valence electrons. The van der Waals surface area contributed by atoms with Crippen molar-refractivity contribution in [3.63, 3.8) is 0 Å². The lowest BCUT2D eigenvalue weighted by molar-refractivity contribution is -0.141. The summed E-state index contributed by atoms with van der Waals surface area (Å²) in [5, 5.41) is 8.80. The van der Waals surface area contributed by atoms with Gasteiger partial charge in [0.1, 0.15) is 11.6 Å². The largest absolute Gasteiger partial charge is 0.481 e. The Morgan fingerprint density at radius 1 is 1.44 bits per heavy atom. The van der Waals surface area contributed by atoms with Crippen LogP contribution in [0.15, 0.2) is 18.2 Å². The Morgan fingerprint density at radius 3 is 2.72 bits per heavy atom. The molecule has 1 aromatic rings. The highest BCUT2D eigenvalue weighted by atomic mass is 19.1. The fourth-order valence-electron chi connectivity index (χ4n) is 1.95. The van der Waals surface area contributed by atoms with Crippen LogP contribution >= 0.6 is 0 Å². The summed E-state index contributed by atoms with van der Waals surface area (Å²) in [6, 6.07) is 3.10. The molecule has 4 nitrogen and oxygen atoms in total. The van der Waals surface area contributed by atoms with E-state index in [9.17, 15) is 18.4 Å². The van der Waals surface area contributed by atoms with Gasteiger partial charge in [-0.25, -0.2) is 8.78 Å². The van der Waals surface area contributed by atoms with E-state index in [-0.39, 0.29) is 31.0 Å². The number of nitrogens with zero attached hydrogens (tertiary/aromatic N) is 1. The Hall–Kier alpha value is -1.98. The average Bonchev–Trinajstić information content (AvgIpc) is 2.64. The van der Waals surface area contributed by atoms with Crippen LogP contribution in [0.4, 0.5) is 8.78 Å². The van der Waals surface area contributed by atoms with E-state index in [4.69, 9.17) is 5.11 Å². The van der Waals surface area contributed by atoms with Gasteiger partial charge in [0, 0.05) is 31.1 Å². The van der Waals surface area contributed by atoms with E-state index in [2.05, 4.69) is 0 Å². The number of hydrogen-bond donors (Lipinski definition) is 1. The molecule has 1 aromatic carbocycles. The molecule has 1 aliphatic heterocycles. The normalized spacial score (nSPS) is 19.3. The van der Waals surface area contributed by atoms with Crippen LogP contribution in [0, 0.1) is 17.6 Å². The zero-order chi connectivity index (χ0) is 13.3. The highest BCUT2D eigenvalue weighted by Gasteiger charge is 2.34. The minimum absolute atomic E-state index is 0.0330. The molecule has 1 N–H and O–H groups in total. The van der Waals surface area contributed by atoms with Gasteiger partial charge in [-0.1, -0.05) is 6.07 Å². The molecular formula is C12H11F2NO3. The van der Waals surface area contributed by atoms with Crippen molar-refractivity contribution < 1.29 is 23.5 Å². The number of carbonyl (C=O) groups excluding carboxylic acids is 1. The van der Waals surface area contributed by atoms with Crippen molar-refractivity contribution in [3.8, 4) is 0 Å². The SMILES string of the molecule is O=C(O)[C@H]1CC(=O)N(Cc2ccc(F)cc2F)C1. The molecule has 6 heteroatoms. The lowest BCUT2D eigenvalue weighted by Crippen LogP contribution is -2.26. The van der Waals surface area contributed by atoms with Crippen LogP contribution < -0.4 is 0 Å². The van der Waals surface area contributed by atoms with Crippen molar-refractivity contribution in [2.45, 2.75) is 13.0 Å². The van der Waals surface area contributed by atoms with Gasteiger partial charge >= 0.3 is 5.97 Å². The number of amides is 1. The molecule has 1 amide bonds. The van der Waals surface area contributed by atoms with Crippen LogP contribution in [0.3, 0.4) is 0 Å². The molecule has 0 radical (unpaired) electrons. The van der Waals surface area contributed by atoms with Gasteiger partial charge < -0.3 is 10.0 Å². The van der Waals surface area contributed by atoms with Crippen molar-refractivity contribution in [1.29, 1.82) is 0 Å². The van der Waals surface area contributed by atoms with Crippen molar-refractivity contribution in [1.82, 2.24) is 4.90 Å². The summed E-state index contributed by atoms with van der Waals surface area (Å²) in [7, 11) is 0. The maximum Gasteiger partial charge on any atom is 0.308 e. The molecule has 1 heterocycles. The van der Waals surface area contributed by atoms with Gasteiger partial charge in [-0.15, -0.1) is 0 Å². The van der Waals surface area contributed by atoms with Gasteiger partial charge in [0.2, 0.25) is 5.91 Å². The van der Waals surface area contributed by atoms with E-state index in [1.165, 1.54) is 11.0 Å². The standard InChI is InChI=1S/C12H11F2NO3/c13-9-2-1-7(10(14)4-9)5-15-6-8(12(17)18)3-11(15)16/h1-2,4,8H,3,5-6H2,(H,17,18)/t8-/m0/s1. The van der Waals surface area contributed by atoms with Crippen molar-refractivity contribution in [2.24, 2.45) is 5.92 Å². The van der Waals surface area contributed by atoms with E-state index >= 15 is 0 Å². The topological polar surface area (TPSA) is 57.6 Å². The minimum Gasteiger partial charge on any atom is -0.481 e. The number of carbonyl (C=O) groups is 2. The summed E-state index contributed by atoms with van der Waals surface area (Å²) in [5.41, 5.74) is 0.177. The molecular weight excluding hydrogens is 244 g/mol. The Labute approximate surface area is 102 Å². The number of aliphatic carboxylic acids is 1. The molecule has 0 aliphatic carbocycles. The number of rotatable bonds is 3. The predicted molar refractivity (Wildman–Crippen MR) is 57.5 cm³/mol. The molecule has 0 aromatic heterocycles. The molecule has 1 aliphatic rings. The third-order valence-corrected chi connectivity index (χ3v) is 2.94. The fourth-order valence-corrected chi connectivity index (χ4v) is 1.95. The van der Waals surface area contributed by atoms with Crippen LogP contribution in [-0.2, 0) is 16.1 Å². The second-order valence-electron chi connectivity index (χ2n) is 4.25. The summed E-state index contributed by atoms with van der Waals surface area (Å²) in [4.78, 5) is 23.6. The van der Waals surface area contributed by atoms with Crippen molar-refractivity contribution in [2.75, 3.05) is 6.54 Å². The molecule has 0 spiro atoms. The summed E-state index contributed by atoms with van der Waals surface area (Å²) in [5.74, 6) is -3.54. The molecule has 0 saturated carbocycles. The number of carboxylic acids is 1. The third kappa shape index (κ3) is 2.47. The van der Waals surface area contributed by atoms with Crippen LogP contribution in [0.25, 0.3) is 0 Å². The van der Waals surface area contributed by atoms with Gasteiger partial charge in [-0.05, 0) is 6.07 Å². The first kappa shape index (κ1) is 12.5. The van der Waals surface area contributed by atoms with Gasteiger partial charge in [-0.2, -0.15) is 0 Å². The van der Waals surface area contributed by atoms with Crippen molar-refractivity contribution in [3.05, 3.63) is 35.4 Å². The molecule has 2 rings (SSSR count). The summed E-state index contributed by atoms with van der Waals surface area (Å²) in [6.07, 6.45) is -0.0713. The molecule has 0 unspecified atom stereocenters. The van der Waals surface area contributed by atoms with Crippen LogP contribution in [0.1, 0.15) is 12.0 Å². The quantitative estimate of drug-likeness (QED) is 0.888. The van der Waals surface area contributed by atoms with Crippen molar-refractivity contribution >= 4 is 11.9 Å². The van der Waals surface area contributed by atoms with E-state index < -0.39 is 23.5 Å². The van der Waals surface area contributed by atoms with E-state index in [1.54, 1.807) is 0 Å². The first-order valence-electron chi connectivity index (χ1n) is 5.42. The second-order valence-corrected chi connectivity index (χ2v) is 4.25. The maximum absolute atomic E-state index is 13.4. The van der Waals surface area contributed by atoms with Crippen LogP contribution in [0.2, 0.25) is 0 Å². The minimum atomic E-state index is -1.04. The van der Waals surface area contributed by atoms with Gasteiger partial charge in [0.15, 0.2) is 0 Å². The third-order valence-electron chi connectivity index (χ3n) is 2.94. The first-order valence-corrected chi connectivity index (χ1v) is 5.42. The fraction of sp³-hybridized carbons (Fsp3) is 0.333. The Balaban J connectivity index is 2.10. The number of carboxylic acid groups (broad SMARTS) is 1. The Morgan fingerprint density at radius 2 is 2.17 bits per heavy atom. The lowest BCUT2D eigenvalue weighted by Gasteiger charge is -2.16. The summed E-state index contributed by atoms with van der Waals surface area (Å²) < 4.78 is 26.1. The van der Waals surface area contributed by atoms with Gasteiger partial charge in [0.25, 0.3) is 0 Å². The first-order chi connectivity index (χ1) is 8.47. The Bertz CT molecular complexity index is 504. The molecule has 0 bridgehead atoms. The highest BCUT2D eigenvalue weighted by Crippen LogP contribution is 2.21. The molecule has 1 atom stereocenters. The zero-order valence-electron chi connectivity index (χ0n) is 9.40. The molecule has 18 heavy (non-hydrogen) atoms. The zero-order valence-corrected chi connectivity index (χ0v) is 9.40. The predicted octanol–water partition coefficient (Wildman–Crippen LogP) is 1.40. The van der Waals surface area contributed by atoms with Gasteiger partial charge in [-0.3, -0.25) is 9.59 Å². The smallest absolute Gasteiger partial charge is 0.308 e. The van der Waals surface area contributed by atoms with Gasteiger partial charge in [0.05, 0.1) is 5.92 Å². The Kier molecular flexibility index (Phi) is 3.27. The van der Waals surface area contributed by atoms with E-state index in [0.717, 1.165) is 12.1 Å². The number of hydrogen-bond acceptors (Lipinski definition) is 2. The second kappa shape index (κ2) is 4.72. The number of benzene rings is 1. The van der Waals surface area contributed by atoms with Crippen LogP contribution in [-0.4, -0.2) is 28.4 Å². The molecule has 1 saturated heterocycles. The summed E-state index contributed by atoms with van der Waals surface area (Å²) >= 11 is 0. The number of halogens is 2. The monoisotopic (exact) mass is 255 g/mol. The number of likely N-dealkylation sites (tertiary alicyclic amines) is 1. The van der Waals surface area contributed by atoms with Crippen LogP contribution in [0.5, 0.6) is 0 Å². The lowest BCUT2D eigenvalue weighted by atomic mass is 10.1. The molecule has 1 fully saturated rings. The summed E-state index contributed by atoms with van der Waals surface area (Å²) in [6.45, 7) is 0.0275. The average molecular weight is 255 g/mol.